The second-order valence-corrected chi connectivity index (χ2v) is 6.16. The standard InChI is InChI=1S/C18H17N3O4S/c1-24-13-6-4-12(5-7-13)14-11-26-18(20-14)21-16(22)8-9-19-17(23)15-3-2-10-25-15/h2-7,10-11H,8-9H2,1H3,(H,19,23)(H,20,21,22). The minimum atomic E-state index is -0.348. The maximum absolute atomic E-state index is 12.0. The van der Waals surface area contributed by atoms with E-state index in [4.69, 9.17) is 9.15 Å². The zero-order valence-corrected chi connectivity index (χ0v) is 14.8. The zero-order chi connectivity index (χ0) is 18.4. The highest BCUT2D eigenvalue weighted by atomic mass is 32.1. The summed E-state index contributed by atoms with van der Waals surface area (Å²) in [6.45, 7) is 0.210. The number of methoxy groups -OCH3 is 1. The molecule has 134 valence electrons. The Morgan fingerprint density at radius 1 is 1.23 bits per heavy atom. The molecule has 7 nitrogen and oxygen atoms in total. The molecule has 3 rings (SSSR count). The van der Waals surface area contributed by atoms with Crippen LogP contribution in [0, 0.1) is 0 Å². The van der Waals surface area contributed by atoms with Crippen molar-refractivity contribution in [3.63, 3.8) is 0 Å². The highest BCUT2D eigenvalue weighted by Crippen LogP contribution is 2.26. The molecule has 1 aromatic carbocycles. The Labute approximate surface area is 154 Å². The second kappa shape index (κ2) is 8.30. The van der Waals surface area contributed by atoms with Crippen molar-refractivity contribution in [2.24, 2.45) is 0 Å². The number of hydrogen-bond donors (Lipinski definition) is 2. The van der Waals surface area contributed by atoms with Gasteiger partial charge in [0.2, 0.25) is 5.91 Å². The van der Waals surface area contributed by atoms with Gasteiger partial charge in [-0.25, -0.2) is 4.98 Å². The SMILES string of the molecule is COc1ccc(-c2csc(NC(=O)CCNC(=O)c3ccco3)n2)cc1. The Kier molecular flexibility index (Phi) is 5.65. The third kappa shape index (κ3) is 4.48. The molecule has 0 saturated heterocycles. The maximum Gasteiger partial charge on any atom is 0.286 e. The van der Waals surface area contributed by atoms with Gasteiger partial charge < -0.3 is 19.8 Å². The van der Waals surface area contributed by atoms with Gasteiger partial charge in [-0.3, -0.25) is 9.59 Å². The molecule has 0 spiro atoms. The summed E-state index contributed by atoms with van der Waals surface area (Å²) in [6.07, 6.45) is 1.56. The topological polar surface area (TPSA) is 93.5 Å². The fourth-order valence-corrected chi connectivity index (χ4v) is 2.93. The number of thiazole rings is 1. The van der Waals surface area contributed by atoms with E-state index in [-0.39, 0.29) is 30.5 Å². The van der Waals surface area contributed by atoms with Gasteiger partial charge >= 0.3 is 0 Å². The van der Waals surface area contributed by atoms with Gasteiger partial charge in [-0.1, -0.05) is 0 Å². The Hall–Kier alpha value is -3.13. The van der Waals surface area contributed by atoms with Gasteiger partial charge in [-0.2, -0.15) is 0 Å². The van der Waals surface area contributed by atoms with Gasteiger partial charge in [-0.15, -0.1) is 11.3 Å². The first-order chi connectivity index (χ1) is 12.7. The van der Waals surface area contributed by atoms with Crippen LogP contribution in [-0.4, -0.2) is 30.5 Å². The van der Waals surface area contributed by atoms with Crippen molar-refractivity contribution < 1.29 is 18.7 Å². The lowest BCUT2D eigenvalue weighted by Gasteiger charge is -2.03. The summed E-state index contributed by atoms with van der Waals surface area (Å²) in [5.41, 5.74) is 1.72. The lowest BCUT2D eigenvalue weighted by Crippen LogP contribution is -2.27. The summed E-state index contributed by atoms with van der Waals surface area (Å²) in [5.74, 6) is 0.419. The van der Waals surface area contributed by atoms with Crippen molar-refractivity contribution in [2.45, 2.75) is 6.42 Å². The number of carbonyl (C=O) groups is 2. The van der Waals surface area contributed by atoms with Crippen molar-refractivity contribution in [1.29, 1.82) is 0 Å². The molecular formula is C18H17N3O4S. The van der Waals surface area contributed by atoms with Gasteiger partial charge in [0, 0.05) is 23.9 Å². The van der Waals surface area contributed by atoms with Crippen LogP contribution < -0.4 is 15.4 Å². The largest absolute Gasteiger partial charge is 0.497 e. The quantitative estimate of drug-likeness (QED) is 0.665. The molecule has 8 heteroatoms. The van der Waals surface area contributed by atoms with Gasteiger partial charge in [0.15, 0.2) is 10.9 Å². The van der Waals surface area contributed by atoms with Crippen LogP contribution in [0.15, 0.2) is 52.5 Å². The van der Waals surface area contributed by atoms with Gasteiger partial charge in [-0.05, 0) is 36.4 Å². The molecule has 3 aromatic rings. The number of nitrogens with zero attached hydrogens (tertiary/aromatic N) is 1. The molecule has 0 bridgehead atoms. The lowest BCUT2D eigenvalue weighted by atomic mass is 10.2. The molecule has 0 atom stereocenters. The predicted molar refractivity (Wildman–Crippen MR) is 98.4 cm³/mol. The van der Waals surface area contributed by atoms with E-state index in [1.165, 1.54) is 17.6 Å². The van der Waals surface area contributed by atoms with Crippen molar-refractivity contribution in [3.8, 4) is 17.0 Å². The number of carbonyl (C=O) groups excluding carboxylic acids is 2. The van der Waals surface area contributed by atoms with Gasteiger partial charge in [0.05, 0.1) is 19.1 Å². The first-order valence-electron chi connectivity index (χ1n) is 7.87. The molecule has 0 aliphatic rings. The molecule has 0 unspecified atom stereocenters. The minimum absolute atomic E-state index is 0.143. The van der Waals surface area contributed by atoms with E-state index in [9.17, 15) is 9.59 Å². The highest BCUT2D eigenvalue weighted by molar-refractivity contribution is 7.14. The zero-order valence-electron chi connectivity index (χ0n) is 14.0. The van der Waals surface area contributed by atoms with Crippen LogP contribution in [0.2, 0.25) is 0 Å². The molecule has 2 amide bonds. The third-order valence-corrected chi connectivity index (χ3v) is 4.28. The average Bonchev–Trinajstić information content (AvgIpc) is 3.34. The number of anilines is 1. The Morgan fingerprint density at radius 3 is 2.73 bits per heavy atom. The van der Waals surface area contributed by atoms with Gasteiger partial charge in [0.1, 0.15) is 5.75 Å². The van der Waals surface area contributed by atoms with Crippen molar-refractivity contribution >= 4 is 28.3 Å². The molecule has 0 saturated carbocycles. The van der Waals surface area contributed by atoms with E-state index in [0.29, 0.717) is 5.13 Å². The van der Waals surface area contributed by atoms with E-state index < -0.39 is 0 Å². The van der Waals surface area contributed by atoms with E-state index in [2.05, 4.69) is 15.6 Å². The Balaban J connectivity index is 1.48. The first-order valence-corrected chi connectivity index (χ1v) is 8.75. The minimum Gasteiger partial charge on any atom is -0.497 e. The average molecular weight is 371 g/mol. The van der Waals surface area contributed by atoms with E-state index in [0.717, 1.165) is 17.0 Å². The number of rotatable bonds is 7. The van der Waals surface area contributed by atoms with Crippen molar-refractivity contribution in [3.05, 3.63) is 53.8 Å². The summed E-state index contributed by atoms with van der Waals surface area (Å²) in [5, 5.41) is 7.74. The third-order valence-electron chi connectivity index (χ3n) is 3.52. The van der Waals surface area contributed by atoms with Crippen LogP contribution in [0.5, 0.6) is 5.75 Å². The molecular weight excluding hydrogens is 354 g/mol. The smallest absolute Gasteiger partial charge is 0.286 e. The maximum atomic E-state index is 12.0. The van der Waals surface area contributed by atoms with Crippen molar-refractivity contribution in [1.82, 2.24) is 10.3 Å². The van der Waals surface area contributed by atoms with Crippen LogP contribution in [0.4, 0.5) is 5.13 Å². The van der Waals surface area contributed by atoms with Crippen LogP contribution in [0.25, 0.3) is 11.3 Å². The first kappa shape index (κ1) is 17.7. The number of furan rings is 1. The number of nitrogens with one attached hydrogen (secondary N) is 2. The van der Waals surface area contributed by atoms with Crippen LogP contribution in [0.3, 0.4) is 0 Å². The second-order valence-electron chi connectivity index (χ2n) is 5.30. The van der Waals surface area contributed by atoms with Crippen LogP contribution in [0.1, 0.15) is 17.0 Å². The Morgan fingerprint density at radius 2 is 2.04 bits per heavy atom. The number of hydrogen-bond acceptors (Lipinski definition) is 6. The molecule has 2 N–H and O–H groups in total. The normalized spacial score (nSPS) is 10.3. The van der Waals surface area contributed by atoms with Gasteiger partial charge in [0.25, 0.3) is 5.91 Å². The van der Waals surface area contributed by atoms with E-state index in [1.54, 1.807) is 19.2 Å². The summed E-state index contributed by atoms with van der Waals surface area (Å²) >= 11 is 1.34. The monoisotopic (exact) mass is 371 g/mol. The number of aromatic nitrogens is 1. The lowest BCUT2D eigenvalue weighted by molar-refractivity contribution is -0.116. The molecule has 0 radical (unpaired) electrons. The molecule has 26 heavy (non-hydrogen) atoms. The number of ether oxygens (including phenoxy) is 1. The van der Waals surface area contributed by atoms with Crippen LogP contribution in [-0.2, 0) is 4.79 Å². The number of amides is 2. The van der Waals surface area contributed by atoms with Crippen LogP contribution >= 0.6 is 11.3 Å². The predicted octanol–water partition coefficient (Wildman–Crippen LogP) is 3.17. The van der Waals surface area contributed by atoms with Crippen molar-refractivity contribution in [2.75, 3.05) is 19.0 Å². The molecule has 0 aliphatic heterocycles. The summed E-state index contributed by atoms with van der Waals surface area (Å²) < 4.78 is 10.1. The van der Waals surface area contributed by atoms with E-state index in [1.807, 2.05) is 29.6 Å². The molecule has 2 heterocycles. The molecule has 2 aromatic heterocycles. The molecule has 0 fully saturated rings. The highest BCUT2D eigenvalue weighted by Gasteiger charge is 2.11. The fraction of sp³-hybridized carbons (Fsp3) is 0.167. The Bertz CT molecular complexity index is 872. The summed E-state index contributed by atoms with van der Waals surface area (Å²) in [6, 6.07) is 10.7. The summed E-state index contributed by atoms with van der Waals surface area (Å²) in [4.78, 5) is 28.1. The van der Waals surface area contributed by atoms with E-state index >= 15 is 0 Å². The summed E-state index contributed by atoms with van der Waals surface area (Å²) in [7, 11) is 1.61. The molecule has 0 aliphatic carbocycles. The fourth-order valence-electron chi connectivity index (χ4n) is 2.19. The number of benzene rings is 1.